The van der Waals surface area contributed by atoms with E-state index < -0.39 is 168 Å². The van der Waals surface area contributed by atoms with Crippen molar-refractivity contribution in [1.29, 1.82) is 0 Å². The second-order valence-corrected chi connectivity index (χ2v) is 40.0. The van der Waals surface area contributed by atoms with E-state index in [0.29, 0.717) is 73.3 Å². The number of nitrogens with one attached hydrogen (secondary N) is 4. The number of anilines is 2. The van der Waals surface area contributed by atoms with E-state index in [2.05, 4.69) is 21.3 Å². The van der Waals surface area contributed by atoms with Crippen LogP contribution in [0.4, 0.5) is 21.0 Å². The number of alkyl carbamates (subject to hydrolysis) is 2. The molecular weight excluding hydrogens is 1750 g/mol. The summed E-state index contributed by atoms with van der Waals surface area (Å²) in [5.41, 5.74) is -1.78. The Morgan fingerprint density at radius 2 is 1.07 bits per heavy atom. The first kappa shape index (κ1) is 103. The number of likely N-dealkylation sites (N-methyl/N-ethyl adjacent to an activating group) is 2. The number of thioether (sulfide) groups is 1. The first-order valence-corrected chi connectivity index (χ1v) is 47.2. The third-order valence-electron chi connectivity index (χ3n) is 25.9. The van der Waals surface area contributed by atoms with Crippen LogP contribution in [0, 0.1) is 35.5 Å². The van der Waals surface area contributed by atoms with Crippen molar-refractivity contribution >= 4 is 139 Å². The number of halogens is 2. The third-order valence-corrected chi connectivity index (χ3v) is 30.9. The van der Waals surface area contributed by atoms with Crippen molar-refractivity contribution in [3.8, 4) is 0 Å². The molecule has 1 aliphatic carbocycles. The number of esters is 2. The summed E-state index contributed by atoms with van der Waals surface area (Å²) in [7, 11) is 12.3. The van der Waals surface area contributed by atoms with E-state index in [1.807, 2.05) is 20.8 Å². The number of carbonyl (C=O) groups excluding carboxylic acids is 12. The molecule has 38 heteroatoms. The van der Waals surface area contributed by atoms with E-state index >= 15 is 0 Å². The summed E-state index contributed by atoms with van der Waals surface area (Å²) in [5, 5.41) is 74.8. The average molecular weight is 1870 g/mol. The maximum absolute atomic E-state index is 14.3. The molecular formula is C89H125Cl2N9O24S3. The number of aliphatic hydroxyl groups excluding tert-OH is 4. The molecule has 8 bridgehead atoms. The number of fused-ring (bicyclic) bond motifs is 10. The van der Waals surface area contributed by atoms with Crippen LogP contribution in [-0.4, -0.2) is 272 Å². The number of imide groups is 1. The molecule has 127 heavy (non-hydrogen) atoms. The highest BCUT2D eigenvalue weighted by atomic mass is 35.5. The van der Waals surface area contributed by atoms with Crippen molar-refractivity contribution in [2.45, 2.75) is 254 Å². The van der Waals surface area contributed by atoms with Crippen LogP contribution in [0.2, 0.25) is 10.0 Å². The summed E-state index contributed by atoms with van der Waals surface area (Å²) < 4.78 is 36.1. The average Bonchev–Trinajstić information content (AvgIpc) is 1.57. The van der Waals surface area contributed by atoms with Crippen LogP contribution < -0.4 is 31.1 Å². The number of ether oxygens (including phenoxy) is 6. The predicted molar refractivity (Wildman–Crippen MR) is 479 cm³/mol. The number of allylic oxidation sites excluding steroid dienone is 6. The highest BCUT2D eigenvalue weighted by Gasteiger charge is 2.66. The Morgan fingerprint density at radius 1 is 0.630 bits per heavy atom. The van der Waals surface area contributed by atoms with Crippen molar-refractivity contribution in [1.82, 2.24) is 36.0 Å². The molecule has 0 radical (unpaired) electrons. The summed E-state index contributed by atoms with van der Waals surface area (Å²) in [6, 6.07) is 4.77. The Hall–Kier alpha value is -7.85. The van der Waals surface area contributed by atoms with E-state index in [4.69, 9.17) is 51.6 Å². The zero-order valence-corrected chi connectivity index (χ0v) is 78.8. The number of aliphatic hydroxyl groups is 6. The minimum atomic E-state index is -1.91. The maximum Gasteiger partial charge on any atom is 0.409 e. The van der Waals surface area contributed by atoms with Crippen molar-refractivity contribution in [2.75, 3.05) is 83.4 Å². The molecule has 702 valence electrons. The van der Waals surface area contributed by atoms with Crippen molar-refractivity contribution in [2.24, 2.45) is 35.5 Å². The molecule has 18 atom stereocenters. The fourth-order valence-corrected chi connectivity index (χ4v) is 21.1. The van der Waals surface area contributed by atoms with E-state index in [0.717, 1.165) is 35.1 Å². The standard InChI is InChI=1S/C48H66ClN5O13S.C41H59ClN4O11S2/c1-26-9-8-10-33(25-56)48(64)22-35(65-46(63)51-48)27(2)42-47(4,67-42)37(21-39(58)53(7)34-19-30(17-26)18-32(24-55)41(34)49)66-45(62)28(3)52(6)38(57)15-16-68-36-20-40(59)54(44(36)61)23-29-11-13-31(14-12-29)43(60)50-5;1-23-10-9-11-29(22-48)41(54)20-31(55-39(53)44-41)25(3)37-40(5,57-37)32(19-35(51)46(8)30-18-27(16-23)17-28(21-47)36(30)42)56-38(52)26(4)45(7)34(50)14-15-58-59-24(2)12-13-33(49)43-6/h8-10,18-19,27-29,31,33,35-37,42,55-56,64H,11-17,20-25H2,1-7H3,(H,50,60)(H,51,63);9-11,17-18,24-26,29,31-32,37,47-48,54H,12-16,19-22H2,1-8H3,(H,43,49)(H,44,53)/b10-8+,26-9+;11-9+,23-10+/t27-,28-,29?,31?,33+,35+,36?,37+,42+,47+,48+;24?,25-,26-,29+,31+,32+,37+,40+,41+/m11/s1. The Labute approximate surface area is 764 Å². The van der Waals surface area contributed by atoms with Gasteiger partial charge < -0.3 is 89.3 Å². The molecule has 1 saturated carbocycles. The first-order chi connectivity index (χ1) is 59.9. The second kappa shape index (κ2) is 44.8. The highest BCUT2D eigenvalue weighted by molar-refractivity contribution is 8.76. The molecule has 10 N–H and O–H groups in total. The van der Waals surface area contributed by atoms with E-state index in [1.165, 1.54) is 89.1 Å². The van der Waals surface area contributed by atoms with Gasteiger partial charge >= 0.3 is 24.1 Å². The number of rotatable bonds is 25. The van der Waals surface area contributed by atoms with Crippen LogP contribution in [-0.2, 0) is 102 Å². The predicted octanol–water partition coefficient (Wildman–Crippen LogP) is 7.67. The number of epoxide rings is 2. The number of nitrogens with zero attached hydrogens (tertiary/aromatic N) is 5. The molecule has 10 amide bonds. The molecule has 33 nitrogen and oxygen atoms in total. The van der Waals surface area contributed by atoms with Gasteiger partial charge in [-0.25, -0.2) is 19.2 Å². The van der Waals surface area contributed by atoms with Crippen molar-refractivity contribution < 1.29 is 117 Å². The van der Waals surface area contributed by atoms with Crippen LogP contribution in [0.25, 0.3) is 0 Å². The number of likely N-dealkylation sites (tertiary alicyclic amines) is 1. The Kier molecular flexibility index (Phi) is 36.3. The molecule has 2 unspecified atom stereocenters. The molecule has 5 saturated heterocycles. The van der Waals surface area contributed by atoms with Gasteiger partial charge in [-0.05, 0) is 127 Å². The van der Waals surface area contributed by atoms with Crippen LogP contribution in [0.5, 0.6) is 0 Å². The molecule has 7 aliphatic heterocycles. The molecule has 7 heterocycles. The lowest BCUT2D eigenvalue weighted by molar-refractivity contribution is -0.162. The summed E-state index contributed by atoms with van der Waals surface area (Å²) >= 11 is 14.7. The van der Waals surface area contributed by atoms with Crippen LogP contribution >= 0.6 is 56.6 Å². The topological polar surface area (TPSA) is 453 Å². The molecule has 0 aromatic heterocycles. The first-order valence-electron chi connectivity index (χ1n) is 43.1. The van der Waals surface area contributed by atoms with Gasteiger partial charge in [0.15, 0.2) is 11.4 Å². The van der Waals surface area contributed by atoms with E-state index in [9.17, 15) is 88.2 Å². The molecule has 6 fully saturated rings. The fraction of sp³-hybridized carbons (Fsp3) is 0.640. The summed E-state index contributed by atoms with van der Waals surface area (Å²) in [4.78, 5) is 165. The normalized spacial score (nSPS) is 31.4. The van der Waals surface area contributed by atoms with Crippen molar-refractivity contribution in [3.63, 3.8) is 0 Å². The smallest absolute Gasteiger partial charge is 0.409 e. The second-order valence-electron chi connectivity index (χ2n) is 35.0. The van der Waals surface area contributed by atoms with Gasteiger partial charge in [-0.3, -0.25) is 53.9 Å². The molecule has 2 aromatic carbocycles. The van der Waals surface area contributed by atoms with Crippen LogP contribution in [0.1, 0.15) is 168 Å². The summed E-state index contributed by atoms with van der Waals surface area (Å²) in [5.74, 6) is -6.17. The molecule has 0 spiro atoms. The van der Waals surface area contributed by atoms with Gasteiger partial charge in [0.25, 0.3) is 0 Å². The highest BCUT2D eigenvalue weighted by Crippen LogP contribution is 2.52. The Balaban J connectivity index is 0.000000290. The number of amides is 10. The molecule has 10 rings (SSSR count). The Bertz CT molecular complexity index is 4520. The van der Waals surface area contributed by atoms with Gasteiger partial charge in [0, 0.05) is 134 Å². The van der Waals surface area contributed by atoms with Crippen LogP contribution in [0.3, 0.4) is 0 Å². The van der Waals surface area contributed by atoms with Crippen molar-refractivity contribution in [3.05, 3.63) is 104 Å². The molecule has 2 aromatic rings. The van der Waals surface area contributed by atoms with Gasteiger partial charge in [0.1, 0.15) is 47.7 Å². The lowest BCUT2D eigenvalue weighted by atomic mass is 9.81. The number of hydrogen-bond acceptors (Lipinski definition) is 27. The van der Waals surface area contributed by atoms with Crippen LogP contribution in [0.15, 0.2) is 71.9 Å². The van der Waals surface area contributed by atoms with E-state index in [-0.39, 0.29) is 108 Å². The number of benzene rings is 2. The van der Waals surface area contributed by atoms with E-state index in [1.54, 1.807) is 113 Å². The lowest BCUT2D eigenvalue weighted by Gasteiger charge is -2.42. The zero-order valence-electron chi connectivity index (χ0n) is 74.8. The van der Waals surface area contributed by atoms with Gasteiger partial charge in [0.05, 0.1) is 78.1 Å². The SMILES string of the molecule is CNC(=O)C1CCC(CN2C(=O)CC(SCCC(=O)N(C)[C@H](C)C(=O)O[C@H]3CC(=O)N(C)c4cc(cc(CO)c4Cl)C/C(C)=C/C=C/[C@@H](CO)[C@@]4(O)C[C@H](OC(=O)N4)[C@@H](C)[C@@H]4O[C@@]34C)C2=O)CC1.CNC(=O)CCC(C)SSCCC(=O)N(C)[C@H](C)C(=O)O[C@H]1CC(=O)N(C)c2cc(cc(CO)c2Cl)C/C(C)=C/C=C/[C@@H](CO)[C@@]2(O)C[C@H](OC(=O)N2)[C@@H](C)[C@@H]2O[C@@]12C. The Morgan fingerprint density at radius 3 is 1.49 bits per heavy atom. The monoisotopic (exact) mass is 1870 g/mol. The van der Waals surface area contributed by atoms with Gasteiger partial charge in [0.2, 0.25) is 47.3 Å². The maximum atomic E-state index is 14.3. The lowest BCUT2D eigenvalue weighted by Crippen LogP contribution is -2.62. The summed E-state index contributed by atoms with van der Waals surface area (Å²) in [6.45, 7) is 14.1. The third kappa shape index (κ3) is 25.5. The van der Waals surface area contributed by atoms with Gasteiger partial charge in [-0.15, -0.1) is 11.8 Å². The number of hydrogen-bond donors (Lipinski definition) is 10. The number of carbonyl (C=O) groups is 12. The fourth-order valence-electron chi connectivity index (χ4n) is 17.1. The van der Waals surface area contributed by atoms with Gasteiger partial charge in [-0.2, -0.15) is 0 Å². The summed E-state index contributed by atoms with van der Waals surface area (Å²) in [6.07, 6.45) is 6.49. The quantitative estimate of drug-likeness (QED) is 0.0114. The van der Waals surface area contributed by atoms with Gasteiger partial charge in [-0.1, -0.05) is 125 Å². The molecule has 8 aliphatic rings. The minimum absolute atomic E-state index is 0.00841. The minimum Gasteiger partial charge on any atom is -0.457 e. The zero-order chi connectivity index (χ0) is 93.6. The largest absolute Gasteiger partial charge is 0.457 e.